The summed E-state index contributed by atoms with van der Waals surface area (Å²) in [5, 5.41) is 11.1. The first-order chi connectivity index (χ1) is 7.95. The molecule has 0 bridgehead atoms. The normalized spacial score (nSPS) is 33.0. The van der Waals surface area contributed by atoms with E-state index in [0.29, 0.717) is 18.8 Å². The average molecular weight is 240 g/mol. The number of amides is 3. The monoisotopic (exact) mass is 240 g/mol. The van der Waals surface area contributed by atoms with Gasteiger partial charge in [0.05, 0.1) is 0 Å². The molecule has 2 atom stereocenters. The van der Waals surface area contributed by atoms with E-state index in [-0.39, 0.29) is 5.91 Å². The van der Waals surface area contributed by atoms with Gasteiger partial charge in [-0.1, -0.05) is 19.8 Å². The number of nitrogens with one attached hydrogen (secondary N) is 1. The van der Waals surface area contributed by atoms with Gasteiger partial charge >= 0.3 is 12.0 Å². The van der Waals surface area contributed by atoms with Crippen molar-refractivity contribution >= 4 is 17.9 Å². The van der Waals surface area contributed by atoms with Gasteiger partial charge in [0.15, 0.2) is 0 Å². The molecule has 2 rings (SSSR count). The molecule has 2 fully saturated rings. The molecule has 1 aliphatic heterocycles. The first kappa shape index (κ1) is 11.9. The fraction of sp³-hybridized carbons (Fsp3) is 0.727. The molecule has 94 valence electrons. The third-order valence-electron chi connectivity index (χ3n) is 3.67. The summed E-state index contributed by atoms with van der Waals surface area (Å²) in [5.41, 5.74) is -0.923. The van der Waals surface area contributed by atoms with Crippen LogP contribution >= 0.6 is 0 Å². The summed E-state index contributed by atoms with van der Waals surface area (Å²) in [7, 11) is 0. The Morgan fingerprint density at radius 1 is 1.59 bits per heavy atom. The molecule has 1 spiro atoms. The maximum atomic E-state index is 11.9. The van der Waals surface area contributed by atoms with Gasteiger partial charge in [0.1, 0.15) is 12.1 Å². The molecule has 0 aromatic carbocycles. The minimum Gasteiger partial charge on any atom is -0.480 e. The summed E-state index contributed by atoms with van der Waals surface area (Å²) in [5.74, 6) is -1.10. The van der Waals surface area contributed by atoms with Crippen molar-refractivity contribution in [3.63, 3.8) is 0 Å². The first-order valence-corrected chi connectivity index (χ1v) is 5.80. The van der Waals surface area contributed by atoms with Gasteiger partial charge in [-0.2, -0.15) is 0 Å². The third kappa shape index (κ3) is 1.87. The minimum atomic E-state index is -1.09. The van der Waals surface area contributed by atoms with Crippen molar-refractivity contribution in [2.75, 3.05) is 6.54 Å². The van der Waals surface area contributed by atoms with Gasteiger partial charge in [-0.05, 0) is 18.8 Å². The lowest BCUT2D eigenvalue weighted by Crippen LogP contribution is -2.53. The van der Waals surface area contributed by atoms with E-state index >= 15 is 0 Å². The Labute approximate surface area is 99.0 Å². The van der Waals surface area contributed by atoms with Gasteiger partial charge in [-0.25, -0.2) is 4.79 Å². The van der Waals surface area contributed by atoms with E-state index in [2.05, 4.69) is 5.32 Å². The SMILES string of the molecule is CC1CCCC2(C1)C(=O)NC(=O)N2CC(=O)O. The molecule has 6 nitrogen and oxygen atoms in total. The van der Waals surface area contributed by atoms with Gasteiger partial charge in [0, 0.05) is 0 Å². The third-order valence-corrected chi connectivity index (χ3v) is 3.67. The predicted octanol–water partition coefficient (Wildman–Crippen LogP) is 0.572. The standard InChI is InChI=1S/C11H16N2O4/c1-7-3-2-4-11(5-7)9(16)12-10(17)13(11)6-8(14)15/h7H,2-6H2,1H3,(H,14,15)(H,12,16,17). The topological polar surface area (TPSA) is 86.7 Å². The second-order valence-electron chi connectivity index (χ2n) is 4.97. The molecule has 6 heteroatoms. The van der Waals surface area contributed by atoms with E-state index in [1.165, 1.54) is 4.90 Å². The van der Waals surface area contributed by atoms with Crippen molar-refractivity contribution in [1.29, 1.82) is 0 Å². The Kier molecular flexibility index (Phi) is 2.81. The fourth-order valence-electron chi connectivity index (χ4n) is 2.93. The number of imide groups is 1. The Hall–Kier alpha value is -1.59. The highest BCUT2D eigenvalue weighted by Crippen LogP contribution is 2.39. The molecule has 2 N–H and O–H groups in total. The van der Waals surface area contributed by atoms with Crippen LogP contribution in [0.1, 0.15) is 32.6 Å². The Bertz CT molecular complexity index is 382. The Morgan fingerprint density at radius 2 is 2.29 bits per heavy atom. The summed E-state index contributed by atoms with van der Waals surface area (Å²) in [4.78, 5) is 35.5. The molecule has 2 aliphatic rings. The smallest absolute Gasteiger partial charge is 0.325 e. The van der Waals surface area contributed by atoms with E-state index in [1.54, 1.807) is 0 Å². The van der Waals surface area contributed by atoms with E-state index in [4.69, 9.17) is 5.11 Å². The molecule has 3 amide bonds. The molecule has 1 saturated heterocycles. The summed E-state index contributed by atoms with van der Waals surface area (Å²) < 4.78 is 0. The quantitative estimate of drug-likeness (QED) is 0.691. The Balaban J connectivity index is 2.30. The molecular weight excluding hydrogens is 224 g/mol. The predicted molar refractivity (Wildman–Crippen MR) is 58.2 cm³/mol. The number of carbonyl (C=O) groups is 3. The van der Waals surface area contributed by atoms with Gasteiger partial charge in [-0.15, -0.1) is 0 Å². The number of carboxylic acid groups (broad SMARTS) is 1. The highest BCUT2D eigenvalue weighted by atomic mass is 16.4. The van der Waals surface area contributed by atoms with Crippen LogP contribution in [0.4, 0.5) is 4.79 Å². The van der Waals surface area contributed by atoms with Gasteiger partial charge in [0.25, 0.3) is 5.91 Å². The van der Waals surface area contributed by atoms with Crippen LogP contribution in [0.3, 0.4) is 0 Å². The molecule has 2 unspecified atom stereocenters. The molecular formula is C11H16N2O4. The molecule has 0 aromatic rings. The molecule has 1 saturated carbocycles. The number of urea groups is 1. The maximum absolute atomic E-state index is 11.9. The number of carboxylic acids is 1. The largest absolute Gasteiger partial charge is 0.480 e. The van der Waals surface area contributed by atoms with Gasteiger partial charge < -0.3 is 5.11 Å². The zero-order chi connectivity index (χ0) is 12.6. The zero-order valence-corrected chi connectivity index (χ0v) is 9.73. The number of hydrogen-bond donors (Lipinski definition) is 2. The van der Waals surface area contributed by atoms with Crippen LogP contribution in [0, 0.1) is 5.92 Å². The first-order valence-electron chi connectivity index (χ1n) is 5.80. The van der Waals surface area contributed by atoms with E-state index < -0.39 is 24.1 Å². The van der Waals surface area contributed by atoms with Crippen LogP contribution in [0.15, 0.2) is 0 Å². The number of carbonyl (C=O) groups excluding carboxylic acids is 2. The number of rotatable bonds is 2. The lowest BCUT2D eigenvalue weighted by Gasteiger charge is -2.39. The average Bonchev–Trinajstić information content (AvgIpc) is 2.43. The van der Waals surface area contributed by atoms with Crippen LogP contribution in [0.2, 0.25) is 0 Å². The van der Waals surface area contributed by atoms with E-state index in [9.17, 15) is 14.4 Å². The van der Waals surface area contributed by atoms with Crippen LogP contribution in [0.5, 0.6) is 0 Å². The zero-order valence-electron chi connectivity index (χ0n) is 9.73. The van der Waals surface area contributed by atoms with Crippen molar-refractivity contribution in [2.45, 2.75) is 38.1 Å². The van der Waals surface area contributed by atoms with Crippen molar-refractivity contribution in [2.24, 2.45) is 5.92 Å². The van der Waals surface area contributed by atoms with Crippen molar-refractivity contribution in [3.05, 3.63) is 0 Å². The minimum absolute atomic E-state index is 0.330. The molecule has 0 radical (unpaired) electrons. The maximum Gasteiger partial charge on any atom is 0.325 e. The second-order valence-corrected chi connectivity index (χ2v) is 4.97. The van der Waals surface area contributed by atoms with Crippen molar-refractivity contribution < 1.29 is 19.5 Å². The van der Waals surface area contributed by atoms with Crippen molar-refractivity contribution in [1.82, 2.24) is 10.2 Å². The van der Waals surface area contributed by atoms with E-state index in [0.717, 1.165) is 12.8 Å². The van der Waals surface area contributed by atoms with Gasteiger partial charge in [0.2, 0.25) is 0 Å². The molecule has 0 aromatic heterocycles. The van der Waals surface area contributed by atoms with Gasteiger partial charge in [-0.3, -0.25) is 19.8 Å². The Morgan fingerprint density at radius 3 is 2.88 bits per heavy atom. The second kappa shape index (κ2) is 4.01. The number of nitrogens with zero attached hydrogens (tertiary/aromatic N) is 1. The number of hydrogen-bond acceptors (Lipinski definition) is 3. The van der Waals surface area contributed by atoms with E-state index in [1.807, 2.05) is 6.92 Å². The summed E-state index contributed by atoms with van der Waals surface area (Å²) in [6.45, 7) is 1.61. The fourth-order valence-corrected chi connectivity index (χ4v) is 2.93. The van der Waals surface area contributed by atoms with Crippen LogP contribution in [0.25, 0.3) is 0 Å². The molecule has 17 heavy (non-hydrogen) atoms. The van der Waals surface area contributed by atoms with Crippen LogP contribution in [-0.4, -0.2) is 40.0 Å². The van der Waals surface area contributed by atoms with Crippen LogP contribution in [-0.2, 0) is 9.59 Å². The summed E-state index contributed by atoms with van der Waals surface area (Å²) in [6.07, 6.45) is 2.97. The van der Waals surface area contributed by atoms with Crippen molar-refractivity contribution in [3.8, 4) is 0 Å². The lowest BCUT2D eigenvalue weighted by molar-refractivity contribution is -0.140. The molecule has 1 heterocycles. The van der Waals surface area contributed by atoms with Crippen LogP contribution < -0.4 is 5.32 Å². The molecule has 1 aliphatic carbocycles. The number of aliphatic carboxylic acids is 1. The summed E-state index contributed by atoms with van der Waals surface area (Å²) >= 11 is 0. The highest BCUT2D eigenvalue weighted by molar-refractivity contribution is 6.07. The highest BCUT2D eigenvalue weighted by Gasteiger charge is 2.54. The lowest BCUT2D eigenvalue weighted by atomic mass is 9.75. The summed E-state index contributed by atoms with van der Waals surface area (Å²) in [6, 6.07) is -0.577.